The number of rotatable bonds is 5. The molecule has 0 saturated heterocycles. The Morgan fingerprint density at radius 1 is 1.36 bits per heavy atom. The molecule has 1 amide bonds. The average molecular weight is 340 g/mol. The van der Waals surface area contributed by atoms with E-state index in [1.165, 1.54) is 30.5 Å². The SMILES string of the molecule is NS(=O)(=O)c1cccc(NC(=O)CSc2nccc(=O)[nH]2)c1. The number of aromatic nitrogens is 2. The highest BCUT2D eigenvalue weighted by molar-refractivity contribution is 7.99. The van der Waals surface area contributed by atoms with Gasteiger partial charge in [-0.15, -0.1) is 0 Å². The third-order valence-corrected chi connectivity index (χ3v) is 4.23. The summed E-state index contributed by atoms with van der Waals surface area (Å²) >= 11 is 1.05. The number of primary sulfonamides is 1. The van der Waals surface area contributed by atoms with Crippen molar-refractivity contribution in [1.82, 2.24) is 9.97 Å². The number of nitrogens with zero attached hydrogens (tertiary/aromatic N) is 1. The molecule has 0 aliphatic carbocycles. The number of aromatic amines is 1. The lowest BCUT2D eigenvalue weighted by atomic mass is 10.3. The van der Waals surface area contributed by atoms with Crippen LogP contribution < -0.4 is 16.0 Å². The van der Waals surface area contributed by atoms with Gasteiger partial charge in [0.25, 0.3) is 5.56 Å². The number of amides is 1. The molecule has 8 nitrogen and oxygen atoms in total. The maximum Gasteiger partial charge on any atom is 0.251 e. The first kappa shape index (κ1) is 16.2. The van der Waals surface area contributed by atoms with E-state index in [0.717, 1.165) is 11.8 Å². The van der Waals surface area contributed by atoms with Crippen LogP contribution in [0.25, 0.3) is 0 Å². The summed E-state index contributed by atoms with van der Waals surface area (Å²) in [5.41, 5.74) is 0.00500. The van der Waals surface area contributed by atoms with Crippen LogP contribution in [0.4, 0.5) is 5.69 Å². The van der Waals surface area contributed by atoms with Crippen molar-refractivity contribution in [2.45, 2.75) is 10.1 Å². The van der Waals surface area contributed by atoms with Gasteiger partial charge >= 0.3 is 0 Å². The Hall–Kier alpha value is -2.17. The number of sulfonamides is 1. The number of benzene rings is 1. The molecule has 0 saturated carbocycles. The second-order valence-corrected chi connectivity index (χ2v) is 6.67. The lowest BCUT2D eigenvalue weighted by molar-refractivity contribution is -0.113. The highest BCUT2D eigenvalue weighted by atomic mass is 32.2. The minimum absolute atomic E-state index is 0.00650. The molecule has 1 aromatic heterocycles. The van der Waals surface area contributed by atoms with Crippen LogP contribution in [-0.4, -0.2) is 30.0 Å². The fraction of sp³-hybridized carbons (Fsp3) is 0.0833. The van der Waals surface area contributed by atoms with Gasteiger partial charge in [0.1, 0.15) is 0 Å². The molecule has 0 fully saturated rings. The Bertz CT molecular complexity index is 848. The van der Waals surface area contributed by atoms with Crippen LogP contribution in [0.1, 0.15) is 0 Å². The molecule has 0 unspecified atom stereocenters. The number of nitrogens with two attached hydrogens (primary N) is 1. The quantitative estimate of drug-likeness (QED) is 0.524. The Balaban J connectivity index is 1.99. The van der Waals surface area contributed by atoms with E-state index in [9.17, 15) is 18.0 Å². The van der Waals surface area contributed by atoms with Crippen molar-refractivity contribution in [1.29, 1.82) is 0 Å². The summed E-state index contributed by atoms with van der Waals surface area (Å²) in [5.74, 6) is -0.366. The number of thioether (sulfide) groups is 1. The molecule has 0 bridgehead atoms. The fourth-order valence-electron chi connectivity index (χ4n) is 1.51. The van der Waals surface area contributed by atoms with Gasteiger partial charge in [-0.25, -0.2) is 18.5 Å². The van der Waals surface area contributed by atoms with E-state index in [2.05, 4.69) is 15.3 Å². The van der Waals surface area contributed by atoms with E-state index in [-0.39, 0.29) is 22.1 Å². The zero-order valence-electron chi connectivity index (χ0n) is 11.1. The molecular weight excluding hydrogens is 328 g/mol. The average Bonchev–Trinajstić information content (AvgIpc) is 2.45. The van der Waals surface area contributed by atoms with Crippen LogP contribution in [0.2, 0.25) is 0 Å². The standard InChI is InChI=1S/C12H12N4O4S2/c13-22(19,20)9-3-1-2-8(6-9)15-11(18)7-21-12-14-5-4-10(17)16-12/h1-6H,7H2,(H,15,18)(H2,13,19,20)(H,14,16,17). The summed E-state index contributed by atoms with van der Waals surface area (Å²) < 4.78 is 22.5. The van der Waals surface area contributed by atoms with Gasteiger partial charge < -0.3 is 10.3 Å². The summed E-state index contributed by atoms with van der Waals surface area (Å²) in [6, 6.07) is 6.88. The van der Waals surface area contributed by atoms with Gasteiger partial charge in [0.2, 0.25) is 15.9 Å². The van der Waals surface area contributed by atoms with Gasteiger partial charge in [0.05, 0.1) is 10.6 Å². The Kier molecular flexibility index (Phi) is 4.96. The number of hydrogen-bond acceptors (Lipinski definition) is 6. The Morgan fingerprint density at radius 2 is 2.14 bits per heavy atom. The second-order valence-electron chi connectivity index (χ2n) is 4.15. The van der Waals surface area contributed by atoms with Gasteiger partial charge in [-0.1, -0.05) is 17.8 Å². The summed E-state index contributed by atoms with van der Waals surface area (Å²) in [6.45, 7) is 0. The van der Waals surface area contributed by atoms with Crippen molar-refractivity contribution >= 4 is 33.4 Å². The summed E-state index contributed by atoms with van der Waals surface area (Å²) in [6.07, 6.45) is 1.34. The topological polar surface area (TPSA) is 135 Å². The zero-order valence-corrected chi connectivity index (χ0v) is 12.8. The minimum Gasteiger partial charge on any atom is -0.325 e. The first-order chi connectivity index (χ1) is 10.3. The molecule has 22 heavy (non-hydrogen) atoms. The molecular formula is C12H12N4O4S2. The molecule has 1 heterocycles. The van der Waals surface area contributed by atoms with E-state index >= 15 is 0 Å². The smallest absolute Gasteiger partial charge is 0.251 e. The number of carbonyl (C=O) groups excluding carboxylic acids is 1. The summed E-state index contributed by atoms with van der Waals surface area (Å²) in [5, 5.41) is 7.88. The van der Waals surface area contributed by atoms with E-state index in [4.69, 9.17) is 5.14 Å². The first-order valence-corrected chi connectivity index (χ1v) is 8.48. The van der Waals surface area contributed by atoms with Crippen LogP contribution in [0.15, 0.2) is 51.4 Å². The van der Waals surface area contributed by atoms with Crippen LogP contribution in [-0.2, 0) is 14.8 Å². The van der Waals surface area contributed by atoms with Crippen molar-refractivity contribution in [3.63, 3.8) is 0 Å². The number of carbonyl (C=O) groups is 1. The summed E-state index contributed by atoms with van der Waals surface area (Å²) in [7, 11) is -3.83. The normalized spacial score (nSPS) is 11.1. The number of anilines is 1. The zero-order chi connectivity index (χ0) is 16.2. The lowest BCUT2D eigenvalue weighted by Gasteiger charge is -2.06. The molecule has 10 heteroatoms. The molecule has 2 rings (SSSR count). The highest BCUT2D eigenvalue weighted by Gasteiger charge is 2.10. The van der Waals surface area contributed by atoms with E-state index in [1.54, 1.807) is 6.07 Å². The number of H-pyrrole nitrogens is 1. The molecule has 4 N–H and O–H groups in total. The number of nitrogens with one attached hydrogen (secondary N) is 2. The monoisotopic (exact) mass is 340 g/mol. The molecule has 116 valence electrons. The molecule has 1 aromatic carbocycles. The highest BCUT2D eigenvalue weighted by Crippen LogP contribution is 2.15. The Labute approximate surface area is 130 Å². The van der Waals surface area contributed by atoms with Crippen molar-refractivity contribution in [2.75, 3.05) is 11.1 Å². The van der Waals surface area contributed by atoms with Crippen molar-refractivity contribution in [2.24, 2.45) is 5.14 Å². The van der Waals surface area contributed by atoms with Crippen LogP contribution in [0, 0.1) is 0 Å². The van der Waals surface area contributed by atoms with Crippen LogP contribution in [0.5, 0.6) is 0 Å². The third kappa shape index (κ3) is 4.69. The van der Waals surface area contributed by atoms with Gasteiger partial charge in [-0.05, 0) is 18.2 Å². The van der Waals surface area contributed by atoms with E-state index < -0.39 is 10.0 Å². The lowest BCUT2D eigenvalue weighted by Crippen LogP contribution is -2.16. The molecule has 0 spiro atoms. The largest absolute Gasteiger partial charge is 0.325 e. The first-order valence-electron chi connectivity index (χ1n) is 5.95. The van der Waals surface area contributed by atoms with Crippen molar-refractivity contribution < 1.29 is 13.2 Å². The van der Waals surface area contributed by atoms with Crippen molar-refractivity contribution in [3.05, 3.63) is 46.9 Å². The van der Waals surface area contributed by atoms with Gasteiger partial charge in [0, 0.05) is 18.0 Å². The maximum atomic E-state index is 11.8. The molecule has 0 aliphatic heterocycles. The Morgan fingerprint density at radius 3 is 2.82 bits per heavy atom. The van der Waals surface area contributed by atoms with Gasteiger partial charge in [-0.3, -0.25) is 9.59 Å². The van der Waals surface area contributed by atoms with Crippen molar-refractivity contribution in [3.8, 4) is 0 Å². The molecule has 2 aromatic rings. The maximum absolute atomic E-state index is 11.8. The second kappa shape index (κ2) is 6.73. The summed E-state index contributed by atoms with van der Waals surface area (Å²) in [4.78, 5) is 29.2. The van der Waals surface area contributed by atoms with Gasteiger partial charge in [0.15, 0.2) is 5.16 Å². The van der Waals surface area contributed by atoms with E-state index in [0.29, 0.717) is 10.8 Å². The van der Waals surface area contributed by atoms with Crippen LogP contribution >= 0.6 is 11.8 Å². The predicted molar refractivity (Wildman–Crippen MR) is 82.0 cm³/mol. The van der Waals surface area contributed by atoms with Crippen LogP contribution in [0.3, 0.4) is 0 Å². The molecule has 0 aliphatic rings. The number of hydrogen-bond donors (Lipinski definition) is 3. The fourth-order valence-corrected chi connectivity index (χ4v) is 2.71. The minimum atomic E-state index is -3.83. The van der Waals surface area contributed by atoms with Gasteiger partial charge in [-0.2, -0.15) is 0 Å². The predicted octanol–water partition coefficient (Wildman–Crippen LogP) is 0.148. The molecule has 0 atom stereocenters. The third-order valence-electron chi connectivity index (χ3n) is 2.43. The van der Waals surface area contributed by atoms with E-state index in [1.807, 2.05) is 0 Å². The molecule has 0 radical (unpaired) electrons.